The highest BCUT2D eigenvalue weighted by Crippen LogP contribution is 2.55. The van der Waals surface area contributed by atoms with Gasteiger partial charge < -0.3 is 14.0 Å². The van der Waals surface area contributed by atoms with Crippen LogP contribution in [-0.2, 0) is 8.85 Å². The maximum atomic E-state index is 9.73. The van der Waals surface area contributed by atoms with Crippen molar-refractivity contribution in [1.29, 1.82) is 0 Å². The molecular formula is C16H34O3Si. The van der Waals surface area contributed by atoms with Gasteiger partial charge in [-0.15, -0.1) is 0 Å². The van der Waals surface area contributed by atoms with Crippen molar-refractivity contribution in [2.24, 2.45) is 0 Å². The molecule has 1 N–H and O–H groups in total. The summed E-state index contributed by atoms with van der Waals surface area (Å²) in [5, 5.41) is 9.75. The minimum atomic E-state index is -2.41. The molecule has 1 aliphatic heterocycles. The van der Waals surface area contributed by atoms with Crippen molar-refractivity contribution in [2.75, 3.05) is 0 Å². The summed E-state index contributed by atoms with van der Waals surface area (Å²) >= 11 is 0. The highest BCUT2D eigenvalue weighted by atomic mass is 28.4. The maximum Gasteiger partial charge on any atom is 0.349 e. The van der Waals surface area contributed by atoms with E-state index in [1.165, 1.54) is 0 Å². The Morgan fingerprint density at radius 3 is 1.85 bits per heavy atom. The Balaban J connectivity index is 3.14. The van der Waals surface area contributed by atoms with E-state index >= 15 is 0 Å². The van der Waals surface area contributed by atoms with Crippen LogP contribution in [0.1, 0.15) is 74.7 Å². The third-order valence-electron chi connectivity index (χ3n) is 4.23. The predicted molar refractivity (Wildman–Crippen MR) is 86.1 cm³/mol. The molecular weight excluding hydrogens is 268 g/mol. The Bertz CT molecular complexity index is 301. The SMILES string of the molecule is CC[C@@H]1C[C@H](C[C@@H](C)O)O[Si](C(C)(C)C)(C(C)(C)C)O1. The van der Waals surface area contributed by atoms with Gasteiger partial charge in [0.25, 0.3) is 0 Å². The van der Waals surface area contributed by atoms with Crippen LogP contribution < -0.4 is 0 Å². The minimum absolute atomic E-state index is 0.00995. The van der Waals surface area contributed by atoms with Crippen molar-refractivity contribution < 1.29 is 14.0 Å². The topological polar surface area (TPSA) is 38.7 Å². The highest BCUT2D eigenvalue weighted by molar-refractivity contribution is 6.73. The molecule has 0 amide bonds. The fraction of sp³-hybridized carbons (Fsp3) is 1.00. The highest BCUT2D eigenvalue weighted by Gasteiger charge is 2.61. The zero-order valence-corrected chi connectivity index (χ0v) is 15.6. The van der Waals surface area contributed by atoms with Gasteiger partial charge in [-0.25, -0.2) is 0 Å². The van der Waals surface area contributed by atoms with Crippen LogP contribution in [0.3, 0.4) is 0 Å². The Hall–Kier alpha value is 0.0969. The van der Waals surface area contributed by atoms with E-state index in [1.807, 2.05) is 6.92 Å². The first-order chi connectivity index (χ1) is 8.93. The molecule has 0 radical (unpaired) electrons. The first-order valence-corrected chi connectivity index (χ1v) is 9.78. The number of hydrogen-bond acceptors (Lipinski definition) is 3. The summed E-state index contributed by atoms with van der Waals surface area (Å²) in [6.07, 6.45) is 2.70. The minimum Gasteiger partial charge on any atom is -0.393 e. The van der Waals surface area contributed by atoms with Crippen molar-refractivity contribution in [3.63, 3.8) is 0 Å². The van der Waals surface area contributed by atoms with Gasteiger partial charge in [-0.1, -0.05) is 48.5 Å². The lowest BCUT2D eigenvalue weighted by molar-refractivity contribution is -0.0404. The van der Waals surface area contributed by atoms with Gasteiger partial charge in [0.15, 0.2) is 0 Å². The van der Waals surface area contributed by atoms with Gasteiger partial charge >= 0.3 is 8.56 Å². The van der Waals surface area contributed by atoms with Crippen LogP contribution in [0.4, 0.5) is 0 Å². The van der Waals surface area contributed by atoms with Gasteiger partial charge in [0, 0.05) is 16.2 Å². The van der Waals surface area contributed by atoms with Crippen LogP contribution in [0.2, 0.25) is 10.1 Å². The van der Waals surface area contributed by atoms with E-state index in [0.29, 0.717) is 6.42 Å². The van der Waals surface area contributed by atoms with Crippen molar-refractivity contribution in [3.05, 3.63) is 0 Å². The molecule has 4 heteroatoms. The number of aliphatic hydroxyl groups excluding tert-OH is 1. The van der Waals surface area contributed by atoms with Crippen LogP contribution in [0.25, 0.3) is 0 Å². The van der Waals surface area contributed by atoms with E-state index in [4.69, 9.17) is 8.85 Å². The average Bonchev–Trinajstić information content (AvgIpc) is 2.24. The molecule has 0 spiro atoms. The Morgan fingerprint density at radius 1 is 1.05 bits per heavy atom. The van der Waals surface area contributed by atoms with Crippen LogP contribution in [-0.4, -0.2) is 32.0 Å². The molecule has 0 aliphatic carbocycles. The molecule has 0 aromatic carbocycles. The largest absolute Gasteiger partial charge is 0.393 e. The Kier molecular flexibility index (Phi) is 5.51. The van der Waals surface area contributed by atoms with Gasteiger partial charge in [-0.2, -0.15) is 0 Å². The van der Waals surface area contributed by atoms with Crippen molar-refractivity contribution in [3.8, 4) is 0 Å². The smallest absolute Gasteiger partial charge is 0.349 e. The molecule has 0 aromatic rings. The summed E-state index contributed by atoms with van der Waals surface area (Å²) in [7, 11) is -2.41. The van der Waals surface area contributed by atoms with Crippen LogP contribution in [0.15, 0.2) is 0 Å². The molecule has 1 rings (SSSR count). The van der Waals surface area contributed by atoms with E-state index in [2.05, 4.69) is 48.5 Å². The van der Waals surface area contributed by atoms with E-state index in [0.717, 1.165) is 12.8 Å². The van der Waals surface area contributed by atoms with Gasteiger partial charge in [0.05, 0.1) is 12.2 Å². The van der Waals surface area contributed by atoms with Gasteiger partial charge in [-0.05, 0) is 26.2 Å². The van der Waals surface area contributed by atoms with Crippen molar-refractivity contribution >= 4 is 8.56 Å². The summed E-state index contributed by atoms with van der Waals surface area (Å²) in [5.74, 6) is 0. The van der Waals surface area contributed by atoms with E-state index < -0.39 is 8.56 Å². The summed E-state index contributed by atoms with van der Waals surface area (Å²) in [5.41, 5.74) is 0. The molecule has 120 valence electrons. The van der Waals surface area contributed by atoms with Crippen LogP contribution in [0.5, 0.6) is 0 Å². The first kappa shape index (κ1) is 18.1. The lowest BCUT2D eigenvalue weighted by Crippen LogP contribution is -2.63. The first-order valence-electron chi connectivity index (χ1n) is 7.96. The quantitative estimate of drug-likeness (QED) is 0.786. The van der Waals surface area contributed by atoms with Crippen molar-refractivity contribution in [2.45, 2.75) is 103 Å². The zero-order valence-electron chi connectivity index (χ0n) is 14.6. The standard InChI is InChI=1S/C16H34O3Si/c1-9-13-11-14(10-12(2)17)19-20(18-13,15(3,4)5)16(6,7)8/h12-14,17H,9-11H2,1-8H3/t12-,13-,14+/m1/s1. The molecule has 20 heavy (non-hydrogen) atoms. The third kappa shape index (κ3) is 3.64. The Labute approximate surface area is 126 Å². The van der Waals surface area contributed by atoms with Gasteiger partial charge in [0.2, 0.25) is 0 Å². The monoisotopic (exact) mass is 302 g/mol. The fourth-order valence-corrected chi connectivity index (χ4v) is 8.61. The molecule has 0 bridgehead atoms. The van der Waals surface area contributed by atoms with E-state index in [1.54, 1.807) is 0 Å². The molecule has 0 aromatic heterocycles. The van der Waals surface area contributed by atoms with Crippen LogP contribution in [0, 0.1) is 0 Å². The molecule has 3 atom stereocenters. The molecule has 1 aliphatic rings. The Morgan fingerprint density at radius 2 is 1.50 bits per heavy atom. The lowest BCUT2D eigenvalue weighted by Gasteiger charge is -2.55. The van der Waals surface area contributed by atoms with Crippen molar-refractivity contribution in [1.82, 2.24) is 0 Å². The predicted octanol–water partition coefficient (Wildman–Crippen LogP) is 4.38. The van der Waals surface area contributed by atoms with Gasteiger partial charge in [0.1, 0.15) is 0 Å². The lowest BCUT2D eigenvalue weighted by atomic mass is 10.0. The third-order valence-corrected chi connectivity index (χ3v) is 9.51. The zero-order chi connectivity index (χ0) is 15.8. The normalized spacial score (nSPS) is 29.2. The van der Waals surface area contributed by atoms with E-state index in [-0.39, 0.29) is 28.4 Å². The number of hydrogen-bond donors (Lipinski definition) is 1. The second-order valence-corrected chi connectivity index (χ2v) is 13.0. The molecule has 1 fully saturated rings. The molecule has 0 saturated carbocycles. The summed E-state index contributed by atoms with van der Waals surface area (Å²) in [4.78, 5) is 0. The van der Waals surface area contributed by atoms with Crippen LogP contribution >= 0.6 is 0 Å². The molecule has 0 unspecified atom stereocenters. The molecule has 1 saturated heterocycles. The second-order valence-electron chi connectivity index (χ2n) is 8.32. The van der Waals surface area contributed by atoms with Gasteiger partial charge in [-0.3, -0.25) is 0 Å². The molecule has 3 nitrogen and oxygen atoms in total. The fourth-order valence-electron chi connectivity index (χ4n) is 3.49. The number of rotatable bonds is 3. The summed E-state index contributed by atoms with van der Waals surface area (Å²) in [6.45, 7) is 17.5. The average molecular weight is 303 g/mol. The maximum absolute atomic E-state index is 9.73. The summed E-state index contributed by atoms with van der Waals surface area (Å²) < 4.78 is 13.2. The molecule has 1 heterocycles. The number of aliphatic hydroxyl groups is 1. The second kappa shape index (κ2) is 6.07. The summed E-state index contributed by atoms with van der Waals surface area (Å²) in [6, 6.07) is 0. The van der Waals surface area contributed by atoms with E-state index in [9.17, 15) is 5.11 Å².